The summed E-state index contributed by atoms with van der Waals surface area (Å²) in [5.41, 5.74) is 1.01. The number of hydrogen-bond acceptors (Lipinski definition) is 2. The summed E-state index contributed by atoms with van der Waals surface area (Å²) in [6.45, 7) is 2.81. The highest BCUT2D eigenvalue weighted by Gasteiger charge is 2.08. The van der Waals surface area contributed by atoms with Crippen molar-refractivity contribution in [2.75, 3.05) is 19.0 Å². The number of methoxy groups -OCH3 is 1. The van der Waals surface area contributed by atoms with Gasteiger partial charge in [-0.05, 0) is 40.5 Å². The predicted molar refractivity (Wildman–Crippen MR) is 68.7 cm³/mol. The highest BCUT2D eigenvalue weighted by molar-refractivity contribution is 9.10. The van der Waals surface area contributed by atoms with Crippen molar-refractivity contribution in [2.45, 2.75) is 19.4 Å². The summed E-state index contributed by atoms with van der Waals surface area (Å²) in [6, 6.07) is 6.01. The second-order valence-electron chi connectivity index (χ2n) is 3.33. The minimum atomic E-state index is 0.310. The lowest BCUT2D eigenvalue weighted by molar-refractivity contribution is 0.184. The molecule has 15 heavy (non-hydrogen) atoms. The summed E-state index contributed by atoms with van der Waals surface area (Å²) in [5, 5.41) is 4.11. The molecule has 1 unspecified atom stereocenters. The van der Waals surface area contributed by atoms with Crippen molar-refractivity contribution >= 4 is 33.2 Å². The van der Waals surface area contributed by atoms with Gasteiger partial charge in [-0.15, -0.1) is 0 Å². The molecule has 2 nitrogen and oxygen atoms in total. The third-order valence-corrected chi connectivity index (χ3v) is 3.08. The number of halogens is 2. The molecule has 0 aliphatic heterocycles. The lowest BCUT2D eigenvalue weighted by atomic mass is 10.2. The van der Waals surface area contributed by atoms with Crippen LogP contribution in [0.4, 0.5) is 5.69 Å². The first-order valence-corrected chi connectivity index (χ1v) is 6.05. The van der Waals surface area contributed by atoms with Crippen LogP contribution in [0.1, 0.15) is 13.3 Å². The minimum Gasteiger partial charge on any atom is -0.383 e. The standard InChI is InChI=1S/C11H15BrClNO/c1-3-9(7-15-2)14-11-6-8(13)4-5-10(11)12/h4-6,9,14H,3,7H2,1-2H3. The molecule has 4 heteroatoms. The van der Waals surface area contributed by atoms with Gasteiger partial charge >= 0.3 is 0 Å². The van der Waals surface area contributed by atoms with E-state index in [0.29, 0.717) is 12.6 Å². The fourth-order valence-corrected chi connectivity index (χ4v) is 1.82. The monoisotopic (exact) mass is 291 g/mol. The average Bonchev–Trinajstić information content (AvgIpc) is 2.22. The number of benzene rings is 1. The van der Waals surface area contributed by atoms with Crippen LogP contribution in [0.3, 0.4) is 0 Å². The molecular weight excluding hydrogens is 277 g/mol. The molecule has 1 N–H and O–H groups in total. The Bertz CT molecular complexity index is 319. The molecule has 1 aromatic rings. The van der Waals surface area contributed by atoms with Crippen LogP contribution in [0.5, 0.6) is 0 Å². The molecule has 0 aromatic heterocycles. The van der Waals surface area contributed by atoms with Crippen LogP contribution in [0, 0.1) is 0 Å². The van der Waals surface area contributed by atoms with E-state index in [1.807, 2.05) is 18.2 Å². The first-order valence-electron chi connectivity index (χ1n) is 4.88. The van der Waals surface area contributed by atoms with Gasteiger partial charge in [-0.25, -0.2) is 0 Å². The molecule has 0 heterocycles. The summed E-state index contributed by atoms with van der Waals surface area (Å²) in [4.78, 5) is 0. The van der Waals surface area contributed by atoms with Gasteiger partial charge in [-0.2, -0.15) is 0 Å². The molecule has 0 spiro atoms. The molecule has 0 aliphatic carbocycles. The quantitative estimate of drug-likeness (QED) is 0.887. The third-order valence-electron chi connectivity index (χ3n) is 2.15. The summed E-state index contributed by atoms with van der Waals surface area (Å²) in [5.74, 6) is 0. The maximum atomic E-state index is 5.93. The van der Waals surface area contributed by atoms with E-state index in [4.69, 9.17) is 16.3 Å². The van der Waals surface area contributed by atoms with Gasteiger partial charge in [0.2, 0.25) is 0 Å². The van der Waals surface area contributed by atoms with Crippen molar-refractivity contribution in [2.24, 2.45) is 0 Å². The summed E-state index contributed by atoms with van der Waals surface area (Å²) in [6.07, 6.45) is 1.01. The van der Waals surface area contributed by atoms with E-state index in [1.165, 1.54) is 0 Å². The molecule has 0 aliphatic rings. The zero-order valence-corrected chi connectivity index (χ0v) is 11.2. The molecule has 1 aromatic carbocycles. The zero-order valence-electron chi connectivity index (χ0n) is 8.89. The van der Waals surface area contributed by atoms with Gasteiger partial charge in [0, 0.05) is 22.6 Å². The van der Waals surface area contributed by atoms with Crippen molar-refractivity contribution in [3.8, 4) is 0 Å². The first kappa shape index (κ1) is 12.8. The largest absolute Gasteiger partial charge is 0.383 e. The fourth-order valence-electron chi connectivity index (χ4n) is 1.29. The number of hydrogen-bond donors (Lipinski definition) is 1. The van der Waals surface area contributed by atoms with Crippen molar-refractivity contribution in [1.82, 2.24) is 0 Å². The second kappa shape index (κ2) is 6.36. The molecule has 1 rings (SSSR count). The summed E-state index contributed by atoms with van der Waals surface area (Å²) in [7, 11) is 1.71. The molecule has 0 saturated carbocycles. The van der Waals surface area contributed by atoms with Crippen LogP contribution in [-0.2, 0) is 4.74 Å². The second-order valence-corrected chi connectivity index (χ2v) is 4.62. The Balaban J connectivity index is 2.73. The van der Waals surface area contributed by atoms with Crippen LogP contribution >= 0.6 is 27.5 Å². The minimum absolute atomic E-state index is 0.310. The van der Waals surface area contributed by atoms with Crippen LogP contribution in [0.2, 0.25) is 5.02 Å². The van der Waals surface area contributed by atoms with Crippen LogP contribution < -0.4 is 5.32 Å². The van der Waals surface area contributed by atoms with Gasteiger partial charge < -0.3 is 10.1 Å². The molecule has 0 saturated heterocycles. The highest BCUT2D eigenvalue weighted by Crippen LogP contribution is 2.26. The van der Waals surface area contributed by atoms with Gasteiger partial charge in [-0.1, -0.05) is 18.5 Å². The van der Waals surface area contributed by atoms with Gasteiger partial charge in [0.25, 0.3) is 0 Å². The van der Waals surface area contributed by atoms with Crippen molar-refractivity contribution in [1.29, 1.82) is 0 Å². The Kier molecular flexibility index (Phi) is 5.43. The Hall–Kier alpha value is -0.250. The Labute approximate surface area is 104 Å². The van der Waals surface area contributed by atoms with Gasteiger partial charge in [0.15, 0.2) is 0 Å². The highest BCUT2D eigenvalue weighted by atomic mass is 79.9. The Morgan fingerprint density at radius 2 is 2.27 bits per heavy atom. The van der Waals surface area contributed by atoms with E-state index in [9.17, 15) is 0 Å². The third kappa shape index (κ3) is 4.01. The van der Waals surface area contributed by atoms with E-state index < -0.39 is 0 Å². The molecule has 0 fully saturated rings. The SMILES string of the molecule is CCC(COC)Nc1cc(Cl)ccc1Br. The van der Waals surface area contributed by atoms with Crippen molar-refractivity contribution < 1.29 is 4.74 Å². The molecule has 0 bridgehead atoms. The van der Waals surface area contributed by atoms with Gasteiger partial charge in [0.1, 0.15) is 0 Å². The molecule has 1 atom stereocenters. The van der Waals surface area contributed by atoms with E-state index in [1.54, 1.807) is 7.11 Å². The Morgan fingerprint density at radius 3 is 2.87 bits per heavy atom. The normalized spacial score (nSPS) is 12.5. The molecular formula is C11H15BrClNO. The van der Waals surface area contributed by atoms with Crippen molar-refractivity contribution in [3.63, 3.8) is 0 Å². The zero-order chi connectivity index (χ0) is 11.3. The summed E-state index contributed by atoms with van der Waals surface area (Å²) < 4.78 is 6.14. The average molecular weight is 293 g/mol. The maximum Gasteiger partial charge on any atom is 0.0663 e. The lowest BCUT2D eigenvalue weighted by Crippen LogP contribution is -2.24. The number of anilines is 1. The topological polar surface area (TPSA) is 21.3 Å². The van der Waals surface area contributed by atoms with Crippen LogP contribution in [0.15, 0.2) is 22.7 Å². The number of rotatable bonds is 5. The summed E-state index contributed by atoms with van der Waals surface area (Å²) >= 11 is 9.41. The van der Waals surface area contributed by atoms with E-state index in [2.05, 4.69) is 28.2 Å². The van der Waals surface area contributed by atoms with E-state index in [0.717, 1.165) is 21.6 Å². The van der Waals surface area contributed by atoms with Gasteiger partial charge in [0.05, 0.1) is 12.3 Å². The Morgan fingerprint density at radius 1 is 1.53 bits per heavy atom. The van der Waals surface area contributed by atoms with Crippen molar-refractivity contribution in [3.05, 3.63) is 27.7 Å². The lowest BCUT2D eigenvalue weighted by Gasteiger charge is -2.18. The fraction of sp³-hybridized carbons (Fsp3) is 0.455. The number of ether oxygens (including phenoxy) is 1. The van der Waals surface area contributed by atoms with Gasteiger partial charge in [-0.3, -0.25) is 0 Å². The first-order chi connectivity index (χ1) is 7.17. The molecule has 0 amide bonds. The predicted octanol–water partition coefficient (Wildman–Crippen LogP) is 3.94. The van der Waals surface area contributed by atoms with Crippen LogP contribution in [0.25, 0.3) is 0 Å². The molecule has 84 valence electrons. The molecule has 0 radical (unpaired) electrons. The number of nitrogens with one attached hydrogen (secondary N) is 1. The maximum absolute atomic E-state index is 5.93. The van der Waals surface area contributed by atoms with Crippen LogP contribution in [-0.4, -0.2) is 19.8 Å². The van der Waals surface area contributed by atoms with E-state index >= 15 is 0 Å². The van der Waals surface area contributed by atoms with E-state index in [-0.39, 0.29) is 0 Å². The smallest absolute Gasteiger partial charge is 0.0663 e.